The first-order chi connectivity index (χ1) is 11.5. The standard InChI is InChI=1S/C18H25F3N2O2/c1-16(2,3)25-15(24)23-11-9-17(10-12-23,18(19,20)21)22-13-14-7-5-4-6-8-14/h4-8,22H,9-13H2,1-3H3. The van der Waals surface area contributed by atoms with Crippen molar-refractivity contribution in [3.63, 3.8) is 0 Å². The Morgan fingerprint density at radius 3 is 2.20 bits per heavy atom. The van der Waals surface area contributed by atoms with E-state index in [2.05, 4.69) is 5.32 Å². The summed E-state index contributed by atoms with van der Waals surface area (Å²) in [4.78, 5) is 13.4. The van der Waals surface area contributed by atoms with Crippen molar-refractivity contribution in [3.05, 3.63) is 35.9 Å². The molecule has 1 aromatic carbocycles. The van der Waals surface area contributed by atoms with Gasteiger partial charge in [0.2, 0.25) is 0 Å². The van der Waals surface area contributed by atoms with Crippen LogP contribution in [0.4, 0.5) is 18.0 Å². The Morgan fingerprint density at radius 1 is 1.16 bits per heavy atom. The zero-order valence-electron chi connectivity index (χ0n) is 14.8. The minimum Gasteiger partial charge on any atom is -0.444 e. The number of rotatable bonds is 3. The first-order valence-electron chi connectivity index (χ1n) is 8.36. The fraction of sp³-hybridized carbons (Fsp3) is 0.611. The number of ether oxygens (including phenoxy) is 1. The Balaban J connectivity index is 2.02. The lowest BCUT2D eigenvalue weighted by atomic mass is 9.86. The Morgan fingerprint density at radius 2 is 1.72 bits per heavy atom. The number of alkyl halides is 3. The molecule has 140 valence electrons. The SMILES string of the molecule is CC(C)(C)OC(=O)N1CCC(NCc2ccccc2)(C(F)(F)F)CC1. The molecule has 0 bridgehead atoms. The average Bonchev–Trinajstić information content (AvgIpc) is 2.51. The molecule has 1 aliphatic heterocycles. The van der Waals surface area contributed by atoms with Gasteiger partial charge >= 0.3 is 12.3 Å². The number of likely N-dealkylation sites (tertiary alicyclic amines) is 1. The van der Waals surface area contributed by atoms with E-state index in [0.717, 1.165) is 5.56 Å². The van der Waals surface area contributed by atoms with Gasteiger partial charge in [-0.1, -0.05) is 30.3 Å². The summed E-state index contributed by atoms with van der Waals surface area (Å²) in [5.74, 6) is 0. The molecule has 1 aliphatic rings. The number of nitrogens with zero attached hydrogens (tertiary/aromatic N) is 1. The van der Waals surface area contributed by atoms with Crippen LogP contribution in [0, 0.1) is 0 Å². The summed E-state index contributed by atoms with van der Waals surface area (Å²) in [6, 6.07) is 8.98. The van der Waals surface area contributed by atoms with Crippen molar-refractivity contribution in [1.82, 2.24) is 10.2 Å². The van der Waals surface area contributed by atoms with Crippen molar-refractivity contribution in [1.29, 1.82) is 0 Å². The lowest BCUT2D eigenvalue weighted by Gasteiger charge is -2.43. The van der Waals surface area contributed by atoms with E-state index >= 15 is 0 Å². The van der Waals surface area contributed by atoms with Crippen molar-refractivity contribution in [3.8, 4) is 0 Å². The number of hydrogen-bond acceptors (Lipinski definition) is 3. The number of piperidine rings is 1. The van der Waals surface area contributed by atoms with Crippen LogP contribution < -0.4 is 5.32 Å². The molecule has 1 saturated heterocycles. The van der Waals surface area contributed by atoms with Gasteiger partial charge in [0.15, 0.2) is 0 Å². The summed E-state index contributed by atoms with van der Waals surface area (Å²) in [5, 5.41) is 2.70. The highest BCUT2D eigenvalue weighted by Crippen LogP contribution is 2.39. The highest BCUT2D eigenvalue weighted by atomic mass is 19.4. The molecule has 0 saturated carbocycles. The molecule has 1 amide bonds. The van der Waals surface area contributed by atoms with Crippen LogP contribution in [0.25, 0.3) is 0 Å². The maximum Gasteiger partial charge on any atom is 0.410 e. The second-order valence-corrected chi connectivity index (χ2v) is 7.39. The van der Waals surface area contributed by atoms with Crippen LogP contribution in [0.3, 0.4) is 0 Å². The van der Waals surface area contributed by atoms with Crippen molar-refractivity contribution >= 4 is 6.09 Å². The maximum atomic E-state index is 13.7. The molecular formula is C18H25F3N2O2. The first kappa shape index (κ1) is 19.6. The van der Waals surface area contributed by atoms with Gasteiger partial charge in [0.25, 0.3) is 0 Å². The van der Waals surface area contributed by atoms with E-state index < -0.39 is 23.4 Å². The van der Waals surface area contributed by atoms with Crippen molar-refractivity contribution in [2.24, 2.45) is 0 Å². The lowest BCUT2D eigenvalue weighted by molar-refractivity contribution is -0.208. The number of halogens is 3. The Bertz CT molecular complexity index is 574. The van der Waals surface area contributed by atoms with Gasteiger partial charge in [-0.15, -0.1) is 0 Å². The van der Waals surface area contributed by atoms with Crippen LogP contribution in [0.5, 0.6) is 0 Å². The fourth-order valence-corrected chi connectivity index (χ4v) is 2.83. The highest BCUT2D eigenvalue weighted by molar-refractivity contribution is 5.68. The quantitative estimate of drug-likeness (QED) is 0.884. The fourth-order valence-electron chi connectivity index (χ4n) is 2.83. The Hall–Kier alpha value is -1.76. The molecule has 1 aromatic rings. The van der Waals surface area contributed by atoms with E-state index in [1.165, 1.54) is 4.90 Å². The van der Waals surface area contributed by atoms with Crippen LogP contribution in [0.1, 0.15) is 39.2 Å². The van der Waals surface area contributed by atoms with Crippen molar-refractivity contribution < 1.29 is 22.7 Å². The molecule has 0 aliphatic carbocycles. The molecule has 0 aromatic heterocycles. The third-order valence-corrected chi connectivity index (χ3v) is 4.29. The molecule has 25 heavy (non-hydrogen) atoms. The summed E-state index contributed by atoms with van der Waals surface area (Å²) >= 11 is 0. The van der Waals surface area contributed by atoms with E-state index in [-0.39, 0.29) is 32.5 Å². The van der Waals surface area contributed by atoms with Crippen LogP contribution in [0.15, 0.2) is 30.3 Å². The number of amides is 1. The van der Waals surface area contributed by atoms with Crippen LogP contribution >= 0.6 is 0 Å². The van der Waals surface area contributed by atoms with E-state index in [1.54, 1.807) is 45.0 Å². The summed E-state index contributed by atoms with van der Waals surface area (Å²) < 4.78 is 46.3. The van der Waals surface area contributed by atoms with Gasteiger partial charge < -0.3 is 9.64 Å². The molecule has 7 heteroatoms. The molecule has 2 rings (SSSR count). The molecule has 1 N–H and O–H groups in total. The number of nitrogens with one attached hydrogen (secondary N) is 1. The Labute approximate surface area is 146 Å². The largest absolute Gasteiger partial charge is 0.444 e. The van der Waals surface area contributed by atoms with Crippen LogP contribution in [-0.2, 0) is 11.3 Å². The molecule has 0 spiro atoms. The number of hydrogen-bond donors (Lipinski definition) is 1. The highest BCUT2D eigenvalue weighted by Gasteiger charge is 2.55. The predicted octanol–water partition coefficient (Wildman–Crippen LogP) is 4.11. The third kappa shape index (κ3) is 5.11. The number of benzene rings is 1. The second kappa shape index (κ2) is 7.23. The smallest absolute Gasteiger partial charge is 0.410 e. The molecule has 1 heterocycles. The Kier molecular flexibility index (Phi) is 5.66. The van der Waals surface area contributed by atoms with Crippen molar-refractivity contribution in [2.45, 2.75) is 57.5 Å². The molecule has 0 unspecified atom stereocenters. The molecule has 0 radical (unpaired) electrons. The monoisotopic (exact) mass is 358 g/mol. The van der Waals surface area contributed by atoms with Crippen LogP contribution in [-0.4, -0.2) is 41.4 Å². The van der Waals surface area contributed by atoms with E-state index in [0.29, 0.717) is 0 Å². The van der Waals surface area contributed by atoms with Gasteiger partial charge in [-0.3, -0.25) is 5.32 Å². The van der Waals surface area contributed by atoms with Crippen LogP contribution in [0.2, 0.25) is 0 Å². The minimum absolute atomic E-state index is 0.0101. The third-order valence-electron chi connectivity index (χ3n) is 4.29. The molecule has 4 nitrogen and oxygen atoms in total. The van der Waals surface area contributed by atoms with Gasteiger partial charge in [0.05, 0.1) is 0 Å². The summed E-state index contributed by atoms with van der Waals surface area (Å²) in [6.07, 6.45) is -5.33. The van der Waals surface area contributed by atoms with Crippen molar-refractivity contribution in [2.75, 3.05) is 13.1 Å². The van der Waals surface area contributed by atoms with E-state index in [4.69, 9.17) is 4.74 Å². The van der Waals surface area contributed by atoms with Gasteiger partial charge in [-0.2, -0.15) is 13.2 Å². The van der Waals surface area contributed by atoms with Gasteiger partial charge in [0.1, 0.15) is 11.1 Å². The summed E-state index contributed by atoms with van der Waals surface area (Å²) in [6.45, 7) is 5.35. The zero-order chi connectivity index (χ0) is 18.7. The van der Waals surface area contributed by atoms with Gasteiger partial charge in [-0.25, -0.2) is 4.79 Å². The maximum absolute atomic E-state index is 13.7. The van der Waals surface area contributed by atoms with E-state index in [1.807, 2.05) is 6.07 Å². The average molecular weight is 358 g/mol. The van der Waals surface area contributed by atoms with Gasteiger partial charge in [-0.05, 0) is 39.2 Å². The minimum atomic E-state index is -4.39. The normalized spacial score (nSPS) is 18.1. The number of carbonyl (C=O) groups is 1. The predicted molar refractivity (Wildman–Crippen MR) is 89.1 cm³/mol. The summed E-state index contributed by atoms with van der Waals surface area (Å²) in [5.41, 5.74) is -1.86. The first-order valence-corrected chi connectivity index (χ1v) is 8.36. The molecule has 1 fully saturated rings. The number of carbonyl (C=O) groups excluding carboxylic acids is 1. The summed E-state index contributed by atoms with van der Waals surface area (Å²) in [7, 11) is 0. The zero-order valence-corrected chi connectivity index (χ0v) is 14.8. The lowest BCUT2D eigenvalue weighted by Crippen LogP contribution is -2.62. The molecule has 0 atom stereocenters. The molecular weight excluding hydrogens is 333 g/mol. The van der Waals surface area contributed by atoms with Gasteiger partial charge in [0, 0.05) is 19.6 Å². The second-order valence-electron chi connectivity index (χ2n) is 7.39. The topological polar surface area (TPSA) is 41.6 Å². The van der Waals surface area contributed by atoms with E-state index in [9.17, 15) is 18.0 Å².